The minimum absolute atomic E-state index is 0.103. The monoisotopic (exact) mass is 408 g/mol. The molecule has 0 aliphatic carbocycles. The predicted octanol–water partition coefficient (Wildman–Crippen LogP) is 5.34. The number of aromatic nitrogens is 3. The molecule has 2 aromatic carbocycles. The maximum absolute atomic E-state index is 13.4. The molecule has 0 aliphatic heterocycles. The number of fused-ring (bicyclic) bond motifs is 1. The molecule has 0 atom stereocenters. The summed E-state index contributed by atoms with van der Waals surface area (Å²) in [6.07, 6.45) is -1.42. The van der Waals surface area contributed by atoms with Gasteiger partial charge in [0.2, 0.25) is 0 Å². The SMILES string of the molecule is CN(Cc1ccccc1)Cc1ncc2ccc(-c3ncccc3C(F)(F)F)cc2n1. The lowest BCUT2D eigenvalue weighted by Crippen LogP contribution is -2.18. The van der Waals surface area contributed by atoms with Crippen molar-refractivity contribution in [3.8, 4) is 11.3 Å². The van der Waals surface area contributed by atoms with Gasteiger partial charge in [0.05, 0.1) is 23.3 Å². The van der Waals surface area contributed by atoms with Crippen LogP contribution in [0.2, 0.25) is 0 Å². The Labute approximate surface area is 172 Å². The Balaban J connectivity index is 1.62. The number of nitrogens with zero attached hydrogens (tertiary/aromatic N) is 4. The van der Waals surface area contributed by atoms with Crippen LogP contribution in [0.15, 0.2) is 73.1 Å². The summed E-state index contributed by atoms with van der Waals surface area (Å²) in [6, 6.07) is 17.3. The van der Waals surface area contributed by atoms with Gasteiger partial charge in [0, 0.05) is 29.9 Å². The first-order chi connectivity index (χ1) is 14.4. The molecule has 0 N–H and O–H groups in total. The van der Waals surface area contributed by atoms with Crippen molar-refractivity contribution in [3.05, 3.63) is 90.0 Å². The number of hydrogen-bond donors (Lipinski definition) is 0. The molecule has 4 nitrogen and oxygen atoms in total. The van der Waals surface area contributed by atoms with E-state index in [4.69, 9.17) is 0 Å². The van der Waals surface area contributed by atoms with Crippen LogP contribution >= 0.6 is 0 Å². The molecule has 2 heterocycles. The van der Waals surface area contributed by atoms with E-state index < -0.39 is 11.7 Å². The first kappa shape index (κ1) is 20.0. The number of pyridine rings is 1. The van der Waals surface area contributed by atoms with E-state index in [0.717, 1.165) is 18.0 Å². The summed E-state index contributed by atoms with van der Waals surface area (Å²) in [7, 11) is 1.97. The van der Waals surface area contributed by atoms with Crippen LogP contribution in [0, 0.1) is 0 Å². The maximum Gasteiger partial charge on any atom is 0.418 e. The van der Waals surface area contributed by atoms with E-state index in [1.54, 1.807) is 24.4 Å². The molecule has 4 aromatic rings. The Morgan fingerprint density at radius 2 is 1.70 bits per heavy atom. The molecule has 4 rings (SSSR count). The molecule has 2 aromatic heterocycles. The summed E-state index contributed by atoms with van der Waals surface area (Å²) in [5.41, 5.74) is 1.27. The third kappa shape index (κ3) is 4.46. The van der Waals surface area contributed by atoms with Crippen molar-refractivity contribution in [1.82, 2.24) is 19.9 Å². The van der Waals surface area contributed by atoms with Crippen LogP contribution in [-0.2, 0) is 19.3 Å². The first-order valence-corrected chi connectivity index (χ1v) is 9.41. The third-order valence-corrected chi connectivity index (χ3v) is 4.73. The Morgan fingerprint density at radius 3 is 2.47 bits per heavy atom. The highest BCUT2D eigenvalue weighted by Gasteiger charge is 2.34. The van der Waals surface area contributed by atoms with Gasteiger partial charge in [-0.05, 0) is 30.8 Å². The predicted molar refractivity (Wildman–Crippen MR) is 109 cm³/mol. The summed E-state index contributed by atoms with van der Waals surface area (Å²) in [4.78, 5) is 15.0. The highest BCUT2D eigenvalue weighted by atomic mass is 19.4. The second kappa shape index (κ2) is 8.20. The molecule has 0 radical (unpaired) electrons. The standard InChI is InChI=1S/C23H19F3N4/c1-30(14-16-6-3-2-4-7-16)15-21-28-13-18-10-9-17(12-20(18)29-21)22-19(23(24,25)26)8-5-11-27-22/h2-13H,14-15H2,1H3. The minimum atomic E-state index is -4.48. The maximum atomic E-state index is 13.4. The smallest absolute Gasteiger partial charge is 0.295 e. The van der Waals surface area contributed by atoms with Crippen LogP contribution < -0.4 is 0 Å². The lowest BCUT2D eigenvalue weighted by atomic mass is 10.0. The summed E-state index contributed by atoms with van der Waals surface area (Å²) in [5, 5.41) is 0.762. The number of halogens is 3. The number of rotatable bonds is 5. The highest BCUT2D eigenvalue weighted by molar-refractivity contribution is 5.83. The minimum Gasteiger partial charge on any atom is -0.295 e. The first-order valence-electron chi connectivity index (χ1n) is 9.41. The van der Waals surface area contributed by atoms with Crippen LogP contribution in [0.5, 0.6) is 0 Å². The molecule has 0 bridgehead atoms. The Morgan fingerprint density at radius 1 is 0.900 bits per heavy atom. The van der Waals surface area contributed by atoms with Gasteiger partial charge >= 0.3 is 6.18 Å². The summed E-state index contributed by atoms with van der Waals surface area (Å²) >= 11 is 0. The molecule has 30 heavy (non-hydrogen) atoms. The Bertz CT molecular complexity index is 1160. The number of hydrogen-bond acceptors (Lipinski definition) is 4. The van der Waals surface area contributed by atoms with Crippen molar-refractivity contribution in [1.29, 1.82) is 0 Å². The fraction of sp³-hybridized carbons (Fsp3) is 0.174. The molecule has 0 saturated carbocycles. The molecule has 0 aliphatic rings. The van der Waals surface area contributed by atoms with Crippen molar-refractivity contribution >= 4 is 10.9 Å². The van der Waals surface area contributed by atoms with E-state index >= 15 is 0 Å². The van der Waals surface area contributed by atoms with Gasteiger partial charge in [-0.15, -0.1) is 0 Å². The average Bonchev–Trinajstić information content (AvgIpc) is 2.73. The Kier molecular flexibility index (Phi) is 5.46. The number of alkyl halides is 3. The van der Waals surface area contributed by atoms with Gasteiger partial charge in [-0.2, -0.15) is 13.2 Å². The zero-order valence-corrected chi connectivity index (χ0v) is 16.3. The topological polar surface area (TPSA) is 41.9 Å². The average molecular weight is 408 g/mol. The Hall–Kier alpha value is -3.32. The van der Waals surface area contributed by atoms with E-state index in [-0.39, 0.29) is 5.69 Å². The molecule has 7 heteroatoms. The van der Waals surface area contributed by atoms with Crippen LogP contribution in [0.4, 0.5) is 13.2 Å². The lowest BCUT2D eigenvalue weighted by Gasteiger charge is -2.16. The van der Waals surface area contributed by atoms with Gasteiger partial charge in [-0.3, -0.25) is 9.88 Å². The molecular weight excluding hydrogens is 389 g/mol. The molecule has 0 fully saturated rings. The van der Waals surface area contributed by atoms with E-state index in [1.165, 1.54) is 17.8 Å². The lowest BCUT2D eigenvalue weighted by molar-refractivity contribution is -0.137. The zero-order valence-electron chi connectivity index (χ0n) is 16.3. The number of benzene rings is 2. The third-order valence-electron chi connectivity index (χ3n) is 4.73. The van der Waals surface area contributed by atoms with E-state index in [9.17, 15) is 13.2 Å². The van der Waals surface area contributed by atoms with Gasteiger partial charge in [0.1, 0.15) is 5.82 Å². The molecular formula is C23H19F3N4. The largest absolute Gasteiger partial charge is 0.418 e. The van der Waals surface area contributed by atoms with E-state index in [0.29, 0.717) is 23.4 Å². The van der Waals surface area contributed by atoms with Crippen molar-refractivity contribution in [2.75, 3.05) is 7.05 Å². The van der Waals surface area contributed by atoms with E-state index in [2.05, 4.69) is 32.0 Å². The summed E-state index contributed by atoms with van der Waals surface area (Å²) in [5.74, 6) is 0.607. The van der Waals surface area contributed by atoms with Crippen LogP contribution in [0.3, 0.4) is 0 Å². The zero-order chi connectivity index (χ0) is 21.1. The normalized spacial score (nSPS) is 11.9. The molecule has 0 saturated heterocycles. The van der Waals surface area contributed by atoms with Crippen molar-refractivity contribution in [3.63, 3.8) is 0 Å². The highest BCUT2D eigenvalue weighted by Crippen LogP contribution is 2.36. The van der Waals surface area contributed by atoms with Crippen molar-refractivity contribution in [2.45, 2.75) is 19.3 Å². The van der Waals surface area contributed by atoms with Crippen LogP contribution in [0.25, 0.3) is 22.2 Å². The molecule has 0 unspecified atom stereocenters. The van der Waals surface area contributed by atoms with Crippen molar-refractivity contribution < 1.29 is 13.2 Å². The van der Waals surface area contributed by atoms with Crippen molar-refractivity contribution in [2.24, 2.45) is 0 Å². The van der Waals surface area contributed by atoms with E-state index in [1.807, 2.05) is 25.2 Å². The second-order valence-corrected chi connectivity index (χ2v) is 7.12. The second-order valence-electron chi connectivity index (χ2n) is 7.12. The van der Waals surface area contributed by atoms with Crippen LogP contribution in [0.1, 0.15) is 17.0 Å². The summed E-state index contributed by atoms with van der Waals surface area (Å²) < 4.78 is 40.1. The van der Waals surface area contributed by atoms with Gasteiger partial charge in [-0.25, -0.2) is 9.97 Å². The van der Waals surface area contributed by atoms with Gasteiger partial charge in [-0.1, -0.05) is 42.5 Å². The fourth-order valence-electron chi connectivity index (χ4n) is 3.34. The molecule has 0 spiro atoms. The van der Waals surface area contributed by atoms with Crippen LogP contribution in [-0.4, -0.2) is 26.9 Å². The fourth-order valence-corrected chi connectivity index (χ4v) is 3.34. The quantitative estimate of drug-likeness (QED) is 0.447. The van der Waals surface area contributed by atoms with Gasteiger partial charge < -0.3 is 0 Å². The molecule has 152 valence electrons. The molecule has 0 amide bonds. The van der Waals surface area contributed by atoms with Gasteiger partial charge in [0.25, 0.3) is 0 Å². The van der Waals surface area contributed by atoms with Gasteiger partial charge in [0.15, 0.2) is 0 Å². The summed E-state index contributed by atoms with van der Waals surface area (Å²) in [6.45, 7) is 1.26.